The van der Waals surface area contributed by atoms with E-state index in [0.717, 1.165) is 56.9 Å². The van der Waals surface area contributed by atoms with Gasteiger partial charge in [-0.15, -0.1) is 0 Å². The standard InChI is InChI=1S/C39H57N5O7.C31H53N5O7/c1-22(24-16-9-7-10-17-24)51-36(49)32(38(2,3)4)43-37(50)42-29(25-18-11-8-12-19-25)35(48)44-21-26-28(39(26,5)6)30(44)34(47)41-27(31(45)33(40)46)20-23-14-13-15-23;1-13-14-17(20(37)23(32)38)33-24(39)19-18-16(31(18,11)12)15-36(19)25(40)21(28(2,3)4)34-27(42)35-22(29(5,6)7)26(41)43-30(8,9)10/h7,9-10,16-17,22-23,25-30,32H,8,11-15,18-21H2,1-6H3,(H2,40,46)(H,41,47)(H2,42,43,50);16-19,21-22H,13-15H2,1-12H3,(H2,32,38)(H,33,39)(H2,34,35,42)/t22-,26-,27?,28-,29-,30-,32+;16-,17?,18-,19-,21+,22+/m00/s1. The summed E-state index contributed by atoms with van der Waals surface area (Å²) < 4.78 is 11.3. The summed E-state index contributed by atoms with van der Waals surface area (Å²) in [5.74, 6) is -7.07. The van der Waals surface area contributed by atoms with Gasteiger partial charge in [0.05, 0.1) is 12.1 Å². The molecule has 0 aromatic heterocycles. The van der Waals surface area contributed by atoms with Crippen LogP contribution in [0.1, 0.15) is 207 Å². The van der Waals surface area contributed by atoms with Gasteiger partial charge in [-0.05, 0) is 122 Å². The molecule has 2 heterocycles. The van der Waals surface area contributed by atoms with Gasteiger partial charge >= 0.3 is 24.0 Å². The monoisotopic (exact) mass is 1310 g/mol. The molecular weight excluding hydrogens is 1200 g/mol. The first kappa shape index (κ1) is 75.9. The number of piperidine rings is 2. The van der Waals surface area contributed by atoms with Crippen molar-refractivity contribution in [3.8, 4) is 0 Å². The Balaban J connectivity index is 0.000000303. The zero-order chi connectivity index (χ0) is 70.7. The van der Waals surface area contributed by atoms with Crippen molar-refractivity contribution in [1.29, 1.82) is 0 Å². The number of fused-ring (bicyclic) bond motifs is 2. The van der Waals surface area contributed by atoms with Crippen LogP contribution in [0.4, 0.5) is 9.59 Å². The Morgan fingerprint density at radius 3 is 1.43 bits per heavy atom. The number of carbonyl (C=O) groups is 12. The molecule has 13 atom stereocenters. The molecule has 1 aromatic rings. The fraction of sp³-hybridized carbons (Fsp3) is 0.743. The van der Waals surface area contributed by atoms with Crippen LogP contribution in [0.25, 0.3) is 0 Å². The van der Waals surface area contributed by atoms with Crippen LogP contribution < -0.4 is 43.4 Å². The third-order valence-corrected chi connectivity index (χ3v) is 20.4. The first-order valence-electron chi connectivity index (χ1n) is 33.9. The summed E-state index contributed by atoms with van der Waals surface area (Å²) in [6.45, 7) is 33.9. The van der Waals surface area contributed by atoms with Crippen molar-refractivity contribution in [2.75, 3.05) is 13.1 Å². The lowest BCUT2D eigenvalue weighted by Crippen LogP contribution is -2.63. The number of nitrogens with one attached hydrogen (secondary N) is 6. The van der Waals surface area contributed by atoms with E-state index in [1.807, 2.05) is 71.9 Å². The van der Waals surface area contributed by atoms with Gasteiger partial charge in [-0.2, -0.15) is 0 Å². The molecule has 4 aliphatic carbocycles. The number of ether oxygens (including phenoxy) is 2. The molecule has 94 heavy (non-hydrogen) atoms. The molecule has 6 fully saturated rings. The predicted octanol–water partition coefficient (Wildman–Crippen LogP) is 6.45. The Morgan fingerprint density at radius 1 is 0.553 bits per heavy atom. The highest BCUT2D eigenvalue weighted by molar-refractivity contribution is 6.38. The van der Waals surface area contributed by atoms with Crippen molar-refractivity contribution in [1.82, 2.24) is 41.7 Å². The van der Waals surface area contributed by atoms with E-state index in [4.69, 9.17) is 20.9 Å². The van der Waals surface area contributed by atoms with Crippen LogP contribution in [0.5, 0.6) is 0 Å². The largest absolute Gasteiger partial charge is 0.458 e. The number of carbonyl (C=O) groups excluding carboxylic acids is 12. The maximum absolute atomic E-state index is 14.6. The van der Waals surface area contributed by atoms with Crippen molar-refractivity contribution in [2.24, 2.45) is 74.0 Å². The van der Waals surface area contributed by atoms with Gasteiger partial charge in [0.15, 0.2) is 0 Å². The molecular formula is C70H110N10O14. The molecule has 24 nitrogen and oxygen atoms in total. The van der Waals surface area contributed by atoms with E-state index in [1.165, 1.54) is 4.90 Å². The first-order chi connectivity index (χ1) is 43.3. The van der Waals surface area contributed by atoms with E-state index in [9.17, 15) is 57.5 Å². The molecule has 0 bridgehead atoms. The number of urea groups is 2. The quantitative estimate of drug-likeness (QED) is 0.0432. The van der Waals surface area contributed by atoms with E-state index >= 15 is 0 Å². The van der Waals surface area contributed by atoms with Gasteiger partial charge in [0.1, 0.15) is 48.0 Å². The fourth-order valence-electron chi connectivity index (χ4n) is 14.4. The summed E-state index contributed by atoms with van der Waals surface area (Å²) in [5.41, 5.74) is 8.08. The Morgan fingerprint density at radius 2 is 0.989 bits per heavy atom. The molecule has 10 amide bonds. The van der Waals surface area contributed by atoms with E-state index in [-0.39, 0.29) is 58.7 Å². The topological polar surface area (TPSA) is 354 Å². The molecule has 0 radical (unpaired) electrons. The predicted molar refractivity (Wildman–Crippen MR) is 352 cm³/mol. The lowest BCUT2D eigenvalue weighted by molar-refractivity contribution is -0.160. The molecule has 2 saturated heterocycles. The molecule has 1 aromatic carbocycles. The van der Waals surface area contributed by atoms with Crippen LogP contribution in [0, 0.1) is 62.6 Å². The second-order valence-electron chi connectivity index (χ2n) is 32.7. The third kappa shape index (κ3) is 18.2. The second kappa shape index (κ2) is 29.5. The number of benzene rings is 1. The Labute approximate surface area is 555 Å². The fourth-order valence-corrected chi connectivity index (χ4v) is 14.4. The van der Waals surface area contributed by atoms with Crippen molar-refractivity contribution in [2.45, 2.75) is 255 Å². The summed E-state index contributed by atoms with van der Waals surface area (Å²) in [7, 11) is 0. The van der Waals surface area contributed by atoms with Gasteiger partial charge in [0.2, 0.25) is 35.2 Å². The van der Waals surface area contributed by atoms with Crippen LogP contribution in [0.3, 0.4) is 0 Å². The molecule has 0 spiro atoms. The molecule has 2 unspecified atom stereocenters. The van der Waals surface area contributed by atoms with E-state index in [1.54, 1.807) is 74.1 Å². The number of rotatable bonds is 23. The summed E-state index contributed by atoms with van der Waals surface area (Å²) in [5, 5.41) is 16.7. The van der Waals surface area contributed by atoms with E-state index in [2.05, 4.69) is 45.7 Å². The number of nitrogens with zero attached hydrogens (tertiary/aromatic N) is 2. The van der Waals surface area contributed by atoms with Gasteiger partial charge < -0.3 is 62.6 Å². The number of hydrogen-bond acceptors (Lipinski definition) is 14. The number of Topliss-reactive ketones (excluding diaryl/α,β-unsaturated/α-hetero) is 2. The molecule has 24 heteroatoms. The van der Waals surface area contributed by atoms with E-state index < -0.39 is 141 Å². The van der Waals surface area contributed by atoms with Gasteiger partial charge in [0.25, 0.3) is 11.8 Å². The average Bonchev–Trinajstić information content (AvgIpc) is 1.53. The highest BCUT2D eigenvalue weighted by atomic mass is 16.6. The first-order valence-corrected chi connectivity index (χ1v) is 33.9. The van der Waals surface area contributed by atoms with Crippen molar-refractivity contribution in [3.05, 3.63) is 35.9 Å². The highest BCUT2D eigenvalue weighted by Gasteiger charge is 2.71. The van der Waals surface area contributed by atoms with Crippen molar-refractivity contribution < 1.29 is 67.0 Å². The molecule has 524 valence electrons. The van der Waals surface area contributed by atoms with Crippen LogP contribution in [-0.4, -0.2) is 148 Å². The zero-order valence-corrected chi connectivity index (χ0v) is 59.0. The zero-order valence-electron chi connectivity index (χ0n) is 59.0. The molecule has 7 rings (SSSR count). The lowest BCUT2D eigenvalue weighted by Gasteiger charge is -2.38. The second-order valence-corrected chi connectivity index (χ2v) is 32.7. The van der Waals surface area contributed by atoms with Crippen molar-refractivity contribution in [3.63, 3.8) is 0 Å². The number of ketones is 2. The van der Waals surface area contributed by atoms with Crippen molar-refractivity contribution >= 4 is 71.0 Å². The van der Waals surface area contributed by atoms with Crippen LogP contribution in [0.15, 0.2) is 30.3 Å². The summed E-state index contributed by atoms with van der Waals surface area (Å²) in [6, 6.07) is 0.0569. The third-order valence-electron chi connectivity index (χ3n) is 20.4. The van der Waals surface area contributed by atoms with Gasteiger partial charge in [0, 0.05) is 13.1 Å². The minimum atomic E-state index is -1.13. The number of hydrogen-bond donors (Lipinski definition) is 8. The number of nitrogens with two attached hydrogens (primary N) is 2. The molecule has 6 aliphatic rings. The maximum atomic E-state index is 14.6. The number of primary amides is 2. The van der Waals surface area contributed by atoms with Gasteiger partial charge in [-0.1, -0.05) is 172 Å². The van der Waals surface area contributed by atoms with Crippen LogP contribution >= 0.6 is 0 Å². The van der Waals surface area contributed by atoms with Gasteiger partial charge in [-0.25, -0.2) is 19.2 Å². The smallest absolute Gasteiger partial charge is 0.329 e. The Hall–Kier alpha value is -7.14. The Bertz CT molecular complexity index is 3000. The minimum absolute atomic E-state index is 0.0514. The van der Waals surface area contributed by atoms with Crippen LogP contribution in [-0.2, 0) is 57.4 Å². The number of esters is 2. The summed E-state index contributed by atoms with van der Waals surface area (Å²) in [4.78, 5) is 162. The maximum Gasteiger partial charge on any atom is 0.329 e. The lowest BCUT2D eigenvalue weighted by atomic mass is 9.80. The highest BCUT2D eigenvalue weighted by Crippen LogP contribution is 2.66. The normalized spacial score (nSPS) is 24.3. The minimum Gasteiger partial charge on any atom is -0.458 e. The average molecular weight is 1320 g/mol. The van der Waals surface area contributed by atoms with E-state index in [0.29, 0.717) is 25.9 Å². The summed E-state index contributed by atoms with van der Waals surface area (Å²) in [6.07, 6.45) is 7.73. The molecule has 10 N–H and O–H groups in total. The summed E-state index contributed by atoms with van der Waals surface area (Å²) >= 11 is 0. The molecule has 2 aliphatic heterocycles. The van der Waals surface area contributed by atoms with Gasteiger partial charge in [-0.3, -0.25) is 38.4 Å². The molecule has 4 saturated carbocycles. The number of likely N-dealkylation sites (tertiary alicyclic amines) is 2. The van der Waals surface area contributed by atoms with Crippen LogP contribution in [0.2, 0.25) is 0 Å². The number of amides is 10. The SMILES string of the molecule is CCCC(NC(=O)[C@@H]1[C@@H]2[C@H](CN1C(=O)[C@@H](NC(=O)N[C@H](C(=O)OC(C)(C)C)C(C)(C)C)C(C)(C)C)C2(C)C)C(=O)C(N)=O.C[C@H](OC(=O)[C@@H](NC(=O)N[C@H](C(=O)N1C[C@H]2[C@@H]([C@H]1C(=O)NC(CC1CCC1)C(=O)C(N)=O)C2(C)C)C1CCCCC1)C(C)(C)C)c1ccccc1. The Kier molecular flexibility index (Phi) is 23.8.